The van der Waals surface area contributed by atoms with Gasteiger partial charge in [-0.25, -0.2) is 0 Å². The van der Waals surface area contributed by atoms with Crippen molar-refractivity contribution >= 4 is 24.0 Å². The number of aromatic nitrogens is 1. The lowest BCUT2D eigenvalue weighted by molar-refractivity contribution is 0.264. The average Bonchev–Trinajstić information content (AvgIpc) is 2.40. The summed E-state index contributed by atoms with van der Waals surface area (Å²) in [7, 11) is 0. The number of nitrogens with zero attached hydrogens (tertiary/aromatic N) is 1. The lowest BCUT2D eigenvalue weighted by atomic mass is 10.1. The van der Waals surface area contributed by atoms with Gasteiger partial charge in [0.1, 0.15) is 0 Å². The van der Waals surface area contributed by atoms with Gasteiger partial charge in [0.05, 0.1) is 12.3 Å². The van der Waals surface area contributed by atoms with E-state index in [1.165, 1.54) is 0 Å². The van der Waals surface area contributed by atoms with E-state index in [-0.39, 0.29) is 25.1 Å². The van der Waals surface area contributed by atoms with E-state index in [0.717, 1.165) is 17.0 Å². The first-order valence-electron chi connectivity index (χ1n) is 5.77. The van der Waals surface area contributed by atoms with Crippen molar-refractivity contribution in [2.24, 2.45) is 5.73 Å². The third-order valence-corrected chi connectivity index (χ3v) is 2.90. The zero-order valence-electron chi connectivity index (χ0n) is 10.3. The van der Waals surface area contributed by atoms with Crippen LogP contribution in [0.25, 0.3) is 11.3 Å². The number of aliphatic hydroxyl groups excluding tert-OH is 1. The van der Waals surface area contributed by atoms with Crippen molar-refractivity contribution in [2.45, 2.75) is 12.5 Å². The van der Waals surface area contributed by atoms with Crippen LogP contribution in [0, 0.1) is 0 Å². The second-order valence-corrected chi connectivity index (χ2v) is 4.60. The van der Waals surface area contributed by atoms with E-state index in [1.807, 2.05) is 42.5 Å². The van der Waals surface area contributed by atoms with Crippen LogP contribution in [-0.4, -0.2) is 22.7 Å². The van der Waals surface area contributed by atoms with Crippen LogP contribution in [0.4, 0.5) is 0 Å². The summed E-state index contributed by atoms with van der Waals surface area (Å²) in [6.45, 7) is -0.0349. The van der Waals surface area contributed by atoms with Crippen molar-refractivity contribution in [3.63, 3.8) is 0 Å². The van der Waals surface area contributed by atoms with E-state index in [9.17, 15) is 0 Å². The standard InChI is InChI=1S/C14H15ClN2O.ClH/c15-11-6-4-10(5-7-11)14-3-1-2-13(17-14)8-12(16)9-18;/h1-7,12,18H,8-9,16H2;1H. The zero-order valence-corrected chi connectivity index (χ0v) is 11.9. The van der Waals surface area contributed by atoms with Gasteiger partial charge in [-0.05, 0) is 24.3 Å². The number of aliphatic hydroxyl groups is 1. The van der Waals surface area contributed by atoms with E-state index >= 15 is 0 Å². The molecule has 0 aliphatic rings. The van der Waals surface area contributed by atoms with Crippen LogP contribution < -0.4 is 5.73 Å². The summed E-state index contributed by atoms with van der Waals surface area (Å²) in [5.41, 5.74) is 8.48. The Labute approximate surface area is 123 Å². The molecule has 1 aromatic heterocycles. The van der Waals surface area contributed by atoms with Crippen LogP contribution in [0.15, 0.2) is 42.5 Å². The Kier molecular flexibility index (Phi) is 6.25. The van der Waals surface area contributed by atoms with Crippen LogP contribution in [0.1, 0.15) is 5.69 Å². The van der Waals surface area contributed by atoms with Crippen LogP contribution >= 0.6 is 24.0 Å². The average molecular weight is 299 g/mol. The van der Waals surface area contributed by atoms with Crippen molar-refractivity contribution in [3.8, 4) is 11.3 Å². The Morgan fingerprint density at radius 3 is 2.47 bits per heavy atom. The van der Waals surface area contributed by atoms with E-state index in [1.54, 1.807) is 0 Å². The Bertz CT molecular complexity index is 517. The molecule has 0 bridgehead atoms. The second-order valence-electron chi connectivity index (χ2n) is 4.17. The first kappa shape index (κ1) is 15.9. The van der Waals surface area contributed by atoms with Gasteiger partial charge >= 0.3 is 0 Å². The summed E-state index contributed by atoms with van der Waals surface area (Å²) < 4.78 is 0. The quantitative estimate of drug-likeness (QED) is 0.912. The fraction of sp³-hybridized carbons (Fsp3) is 0.214. The molecule has 0 saturated heterocycles. The molecule has 1 heterocycles. The molecule has 19 heavy (non-hydrogen) atoms. The van der Waals surface area contributed by atoms with Crippen molar-refractivity contribution in [1.29, 1.82) is 0 Å². The highest BCUT2D eigenvalue weighted by atomic mass is 35.5. The van der Waals surface area contributed by atoms with Gasteiger partial charge in [-0.3, -0.25) is 4.98 Å². The zero-order chi connectivity index (χ0) is 13.0. The van der Waals surface area contributed by atoms with Gasteiger partial charge in [0, 0.05) is 28.7 Å². The minimum Gasteiger partial charge on any atom is -0.395 e. The number of pyridine rings is 1. The predicted molar refractivity (Wildman–Crippen MR) is 80.7 cm³/mol. The van der Waals surface area contributed by atoms with Crippen molar-refractivity contribution in [3.05, 3.63) is 53.2 Å². The van der Waals surface area contributed by atoms with Crippen LogP contribution in [0.3, 0.4) is 0 Å². The molecule has 0 saturated carbocycles. The molecule has 2 aromatic rings. The van der Waals surface area contributed by atoms with Crippen molar-refractivity contribution in [2.75, 3.05) is 6.61 Å². The molecule has 102 valence electrons. The van der Waals surface area contributed by atoms with Gasteiger partial charge in [0.15, 0.2) is 0 Å². The van der Waals surface area contributed by atoms with E-state index in [0.29, 0.717) is 11.4 Å². The SMILES string of the molecule is Cl.NC(CO)Cc1cccc(-c2ccc(Cl)cc2)n1. The predicted octanol–water partition coefficient (Wildman–Crippen LogP) is 2.69. The van der Waals surface area contributed by atoms with Crippen molar-refractivity contribution < 1.29 is 5.11 Å². The van der Waals surface area contributed by atoms with E-state index in [2.05, 4.69) is 4.98 Å². The highest BCUT2D eigenvalue weighted by Gasteiger charge is 2.05. The molecule has 3 nitrogen and oxygen atoms in total. The minimum absolute atomic E-state index is 0. The van der Waals surface area contributed by atoms with Crippen molar-refractivity contribution in [1.82, 2.24) is 4.98 Å². The molecule has 2 rings (SSSR count). The maximum atomic E-state index is 8.95. The van der Waals surface area contributed by atoms with Crippen LogP contribution in [-0.2, 0) is 6.42 Å². The fourth-order valence-corrected chi connectivity index (χ4v) is 1.83. The number of benzene rings is 1. The Hall–Kier alpha value is -1.13. The molecular formula is C14H16Cl2N2O. The van der Waals surface area contributed by atoms with Crippen LogP contribution in [0.2, 0.25) is 5.02 Å². The van der Waals surface area contributed by atoms with Gasteiger partial charge in [-0.1, -0.05) is 29.8 Å². The molecule has 1 atom stereocenters. The van der Waals surface area contributed by atoms with Gasteiger partial charge in [0.25, 0.3) is 0 Å². The maximum Gasteiger partial charge on any atom is 0.0705 e. The maximum absolute atomic E-state index is 8.95. The van der Waals surface area contributed by atoms with Gasteiger partial charge in [0.2, 0.25) is 0 Å². The summed E-state index contributed by atoms with van der Waals surface area (Å²) in [4.78, 5) is 4.53. The second kappa shape index (κ2) is 7.46. The number of nitrogens with two attached hydrogens (primary N) is 1. The first-order chi connectivity index (χ1) is 8.69. The Balaban J connectivity index is 0.00000180. The third kappa shape index (κ3) is 4.48. The third-order valence-electron chi connectivity index (χ3n) is 2.65. The first-order valence-corrected chi connectivity index (χ1v) is 6.15. The van der Waals surface area contributed by atoms with Gasteiger partial charge in [-0.2, -0.15) is 0 Å². The highest BCUT2D eigenvalue weighted by molar-refractivity contribution is 6.30. The molecule has 0 radical (unpaired) electrons. The molecular weight excluding hydrogens is 283 g/mol. The Morgan fingerprint density at radius 1 is 1.16 bits per heavy atom. The Morgan fingerprint density at radius 2 is 1.84 bits per heavy atom. The normalized spacial score (nSPS) is 11.7. The monoisotopic (exact) mass is 298 g/mol. The molecule has 1 aromatic carbocycles. The number of hydrogen-bond acceptors (Lipinski definition) is 3. The summed E-state index contributed by atoms with van der Waals surface area (Å²) in [5.74, 6) is 0. The summed E-state index contributed by atoms with van der Waals surface area (Å²) >= 11 is 5.85. The summed E-state index contributed by atoms with van der Waals surface area (Å²) in [6, 6.07) is 13.1. The smallest absolute Gasteiger partial charge is 0.0705 e. The van der Waals surface area contributed by atoms with Gasteiger partial charge < -0.3 is 10.8 Å². The lowest BCUT2D eigenvalue weighted by Crippen LogP contribution is -2.27. The molecule has 3 N–H and O–H groups in total. The molecule has 0 aliphatic heterocycles. The molecule has 0 aliphatic carbocycles. The highest BCUT2D eigenvalue weighted by Crippen LogP contribution is 2.20. The molecule has 1 unspecified atom stereocenters. The topological polar surface area (TPSA) is 59.1 Å². The number of hydrogen-bond donors (Lipinski definition) is 2. The molecule has 0 spiro atoms. The number of rotatable bonds is 4. The van der Waals surface area contributed by atoms with Gasteiger partial charge in [-0.15, -0.1) is 12.4 Å². The summed E-state index contributed by atoms with van der Waals surface area (Å²) in [6.07, 6.45) is 0.567. The molecule has 5 heteroatoms. The van der Waals surface area contributed by atoms with E-state index in [4.69, 9.17) is 22.4 Å². The minimum atomic E-state index is -0.266. The molecule has 0 fully saturated rings. The number of halogens is 2. The fourth-order valence-electron chi connectivity index (χ4n) is 1.71. The molecule has 0 amide bonds. The summed E-state index contributed by atoms with van der Waals surface area (Å²) in [5, 5.41) is 9.65. The van der Waals surface area contributed by atoms with Crippen LogP contribution in [0.5, 0.6) is 0 Å². The largest absolute Gasteiger partial charge is 0.395 e. The van der Waals surface area contributed by atoms with E-state index < -0.39 is 0 Å². The lowest BCUT2D eigenvalue weighted by Gasteiger charge is -2.08.